The number of hydrogen-bond donors (Lipinski definition) is 2. The van der Waals surface area contributed by atoms with Crippen LogP contribution in [0.15, 0.2) is 18.3 Å². The zero-order valence-corrected chi connectivity index (χ0v) is 16.0. The van der Waals surface area contributed by atoms with Crippen molar-refractivity contribution < 1.29 is 9.53 Å². The van der Waals surface area contributed by atoms with E-state index in [4.69, 9.17) is 10.5 Å². The van der Waals surface area contributed by atoms with Gasteiger partial charge >= 0.3 is 0 Å². The summed E-state index contributed by atoms with van der Waals surface area (Å²) in [6.07, 6.45) is 2.04. The lowest BCUT2D eigenvalue weighted by Crippen LogP contribution is -2.41. The molecule has 0 aromatic carbocycles. The van der Waals surface area contributed by atoms with Crippen LogP contribution < -0.4 is 16.0 Å². The van der Waals surface area contributed by atoms with Crippen molar-refractivity contribution in [2.24, 2.45) is 11.7 Å². The maximum atomic E-state index is 11.9. The lowest BCUT2D eigenvalue weighted by molar-refractivity contribution is -0.125. The predicted molar refractivity (Wildman–Crippen MR) is 101 cm³/mol. The molecule has 0 aliphatic carbocycles. The van der Waals surface area contributed by atoms with Gasteiger partial charge in [-0.05, 0) is 25.5 Å². The molecule has 1 saturated heterocycles. The number of hydrogen-bond acceptors (Lipinski definition) is 5. The van der Waals surface area contributed by atoms with Gasteiger partial charge in [-0.3, -0.25) is 4.79 Å². The maximum Gasteiger partial charge on any atom is 0.224 e. The first-order chi connectivity index (χ1) is 10.5. The molecule has 1 aliphatic rings. The van der Waals surface area contributed by atoms with Crippen LogP contribution in [0.3, 0.4) is 0 Å². The Morgan fingerprint density at radius 3 is 2.71 bits per heavy atom. The molecule has 2 rings (SSSR count). The standard InChI is InChI=1S/C16H26N4O2.2ClH/c1-11-10-20(6-7-22-11)15-5-4-14(8-18-15)9-19-16(21)12(2)13(3)17;;/h4-5,8,11-13H,6-7,9-10,17H2,1-3H3,(H,19,21);2*1H. The quantitative estimate of drug-likeness (QED) is 0.815. The number of anilines is 1. The van der Waals surface area contributed by atoms with Crippen LogP contribution in [0, 0.1) is 5.92 Å². The molecule has 3 N–H and O–H groups in total. The van der Waals surface area contributed by atoms with E-state index >= 15 is 0 Å². The molecule has 3 unspecified atom stereocenters. The van der Waals surface area contributed by atoms with E-state index in [1.165, 1.54) is 0 Å². The molecule has 1 fully saturated rings. The van der Waals surface area contributed by atoms with E-state index in [1.807, 2.05) is 32.2 Å². The van der Waals surface area contributed by atoms with E-state index in [1.54, 1.807) is 0 Å². The summed E-state index contributed by atoms with van der Waals surface area (Å²) in [5.41, 5.74) is 6.71. The van der Waals surface area contributed by atoms with Crippen LogP contribution in [-0.4, -0.2) is 42.7 Å². The number of morpholine rings is 1. The number of aromatic nitrogens is 1. The van der Waals surface area contributed by atoms with Crippen molar-refractivity contribution in [3.63, 3.8) is 0 Å². The van der Waals surface area contributed by atoms with Crippen LogP contribution in [0.4, 0.5) is 5.82 Å². The van der Waals surface area contributed by atoms with Crippen LogP contribution in [0.5, 0.6) is 0 Å². The Kier molecular flexibility index (Phi) is 10.2. The normalized spacial score (nSPS) is 19.5. The van der Waals surface area contributed by atoms with E-state index in [0.717, 1.165) is 31.1 Å². The molecule has 6 nitrogen and oxygen atoms in total. The first-order valence-corrected chi connectivity index (χ1v) is 7.82. The third-order valence-corrected chi connectivity index (χ3v) is 4.04. The molecule has 8 heteroatoms. The highest BCUT2D eigenvalue weighted by atomic mass is 35.5. The highest BCUT2D eigenvalue weighted by Crippen LogP contribution is 2.15. The summed E-state index contributed by atoms with van der Waals surface area (Å²) in [7, 11) is 0. The van der Waals surface area contributed by atoms with Gasteiger partial charge in [-0.15, -0.1) is 24.8 Å². The molecule has 1 aliphatic heterocycles. The van der Waals surface area contributed by atoms with Crippen LogP contribution in [0.25, 0.3) is 0 Å². The van der Waals surface area contributed by atoms with Gasteiger partial charge in [0, 0.05) is 37.8 Å². The van der Waals surface area contributed by atoms with Gasteiger partial charge in [-0.1, -0.05) is 13.0 Å². The Morgan fingerprint density at radius 2 is 2.17 bits per heavy atom. The summed E-state index contributed by atoms with van der Waals surface area (Å²) in [5, 5.41) is 2.89. The molecule has 24 heavy (non-hydrogen) atoms. The second kappa shape index (κ2) is 10.7. The van der Waals surface area contributed by atoms with Crippen LogP contribution >= 0.6 is 24.8 Å². The molecule has 1 aromatic rings. The second-order valence-electron chi connectivity index (χ2n) is 6.02. The molecular weight excluding hydrogens is 351 g/mol. The van der Waals surface area contributed by atoms with Crippen molar-refractivity contribution in [2.75, 3.05) is 24.6 Å². The number of ether oxygens (including phenoxy) is 1. The topological polar surface area (TPSA) is 80.5 Å². The third kappa shape index (κ3) is 6.43. The molecule has 0 bridgehead atoms. The SMILES string of the molecule is CC1CN(c2ccc(CNC(=O)C(C)C(C)N)cn2)CCO1.Cl.Cl. The Balaban J connectivity index is 0.00000264. The fourth-order valence-corrected chi connectivity index (χ4v) is 2.32. The lowest BCUT2D eigenvalue weighted by Gasteiger charge is -2.32. The van der Waals surface area contributed by atoms with Gasteiger partial charge in [-0.25, -0.2) is 4.98 Å². The summed E-state index contributed by atoms with van der Waals surface area (Å²) in [5.74, 6) is 0.734. The Morgan fingerprint density at radius 1 is 1.46 bits per heavy atom. The predicted octanol–water partition coefficient (Wildman–Crippen LogP) is 1.75. The second-order valence-corrected chi connectivity index (χ2v) is 6.02. The molecular formula is C16H28Cl2N4O2. The third-order valence-electron chi connectivity index (χ3n) is 4.04. The molecule has 138 valence electrons. The lowest BCUT2D eigenvalue weighted by atomic mass is 10.0. The van der Waals surface area contributed by atoms with Crippen molar-refractivity contribution in [1.29, 1.82) is 0 Å². The van der Waals surface area contributed by atoms with E-state index in [-0.39, 0.29) is 48.8 Å². The smallest absolute Gasteiger partial charge is 0.224 e. The van der Waals surface area contributed by atoms with Gasteiger partial charge in [0.05, 0.1) is 12.7 Å². The molecule has 2 heterocycles. The minimum atomic E-state index is -0.193. The van der Waals surface area contributed by atoms with Crippen LogP contribution in [0.1, 0.15) is 26.3 Å². The molecule has 1 aromatic heterocycles. The number of halogens is 2. The number of rotatable bonds is 5. The molecule has 0 radical (unpaired) electrons. The highest BCUT2D eigenvalue weighted by Gasteiger charge is 2.18. The first-order valence-electron chi connectivity index (χ1n) is 7.82. The molecule has 1 amide bonds. The van der Waals surface area contributed by atoms with E-state index in [0.29, 0.717) is 6.54 Å². The van der Waals surface area contributed by atoms with Gasteiger partial charge in [0.15, 0.2) is 0 Å². The Labute approximate surface area is 156 Å². The minimum absolute atomic E-state index is 0. The molecule has 0 saturated carbocycles. The fourth-order valence-electron chi connectivity index (χ4n) is 2.32. The fraction of sp³-hybridized carbons (Fsp3) is 0.625. The number of carbonyl (C=O) groups is 1. The van der Waals surface area contributed by atoms with Gasteiger partial charge in [-0.2, -0.15) is 0 Å². The van der Waals surface area contributed by atoms with Crippen LogP contribution in [-0.2, 0) is 16.1 Å². The summed E-state index contributed by atoms with van der Waals surface area (Å²) in [6.45, 7) is 8.66. The first kappa shape index (κ1) is 22.9. The summed E-state index contributed by atoms with van der Waals surface area (Å²) < 4.78 is 5.53. The number of nitrogens with two attached hydrogens (primary N) is 1. The van der Waals surface area contributed by atoms with E-state index in [9.17, 15) is 4.79 Å². The zero-order valence-electron chi connectivity index (χ0n) is 14.4. The Bertz CT molecular complexity index is 499. The van der Waals surface area contributed by atoms with Crippen molar-refractivity contribution >= 4 is 36.5 Å². The van der Waals surface area contributed by atoms with E-state index in [2.05, 4.69) is 22.1 Å². The van der Waals surface area contributed by atoms with Crippen molar-refractivity contribution in [2.45, 2.75) is 39.5 Å². The van der Waals surface area contributed by atoms with Crippen molar-refractivity contribution in [3.05, 3.63) is 23.9 Å². The largest absolute Gasteiger partial charge is 0.375 e. The van der Waals surface area contributed by atoms with Gasteiger partial charge in [0.2, 0.25) is 5.91 Å². The average molecular weight is 379 g/mol. The van der Waals surface area contributed by atoms with E-state index < -0.39 is 0 Å². The van der Waals surface area contributed by atoms with Crippen molar-refractivity contribution in [1.82, 2.24) is 10.3 Å². The average Bonchev–Trinajstić information content (AvgIpc) is 2.52. The van der Waals surface area contributed by atoms with Gasteiger partial charge < -0.3 is 20.7 Å². The monoisotopic (exact) mass is 378 g/mol. The van der Waals surface area contributed by atoms with Gasteiger partial charge in [0.1, 0.15) is 5.82 Å². The molecule has 3 atom stereocenters. The highest BCUT2D eigenvalue weighted by molar-refractivity contribution is 5.85. The number of carbonyl (C=O) groups excluding carboxylic acids is 1. The molecule has 0 spiro atoms. The number of amides is 1. The summed E-state index contributed by atoms with van der Waals surface area (Å²) >= 11 is 0. The number of nitrogens with one attached hydrogen (secondary N) is 1. The van der Waals surface area contributed by atoms with Gasteiger partial charge in [0.25, 0.3) is 0 Å². The summed E-state index contributed by atoms with van der Waals surface area (Å²) in [4.78, 5) is 18.6. The number of pyridine rings is 1. The van der Waals surface area contributed by atoms with Crippen LogP contribution in [0.2, 0.25) is 0 Å². The minimum Gasteiger partial charge on any atom is -0.375 e. The zero-order chi connectivity index (χ0) is 16.1. The van der Waals surface area contributed by atoms with Crippen molar-refractivity contribution in [3.8, 4) is 0 Å². The maximum absolute atomic E-state index is 11.9. The summed E-state index contributed by atoms with van der Waals surface area (Å²) in [6, 6.07) is 3.84. The number of nitrogens with zero attached hydrogens (tertiary/aromatic N) is 2. The Hall–Kier alpha value is -1.08.